The van der Waals surface area contributed by atoms with Crippen LogP contribution in [-0.4, -0.2) is 47.1 Å². The molecule has 1 fully saturated rings. The lowest BCUT2D eigenvalue weighted by Gasteiger charge is -2.25. The maximum atomic E-state index is 12.1. The Labute approximate surface area is 115 Å². The first-order valence-electron chi connectivity index (χ1n) is 7.20. The largest absolute Gasteiger partial charge is 0.481 e. The predicted molar refractivity (Wildman–Crippen MR) is 73.9 cm³/mol. The molecule has 0 spiro atoms. The molecule has 0 saturated carbocycles. The molecule has 5 nitrogen and oxygen atoms in total. The molecule has 1 saturated heterocycles. The van der Waals surface area contributed by atoms with Crippen molar-refractivity contribution in [3.8, 4) is 0 Å². The number of nitrogens with zero attached hydrogens (tertiary/aromatic N) is 1. The monoisotopic (exact) mass is 270 g/mol. The number of nitrogens with one attached hydrogen (secondary N) is 1. The van der Waals surface area contributed by atoms with E-state index in [1.165, 1.54) is 0 Å². The predicted octanol–water partition coefficient (Wildman–Crippen LogP) is 1.48. The molecule has 1 heterocycles. The lowest BCUT2D eigenvalue weighted by molar-refractivity contribution is -0.138. The van der Waals surface area contributed by atoms with Gasteiger partial charge in [0.05, 0.1) is 6.04 Å². The highest BCUT2D eigenvalue weighted by Crippen LogP contribution is 2.21. The van der Waals surface area contributed by atoms with E-state index in [1.807, 2.05) is 13.8 Å². The summed E-state index contributed by atoms with van der Waals surface area (Å²) in [5.74, 6) is -0.515. The van der Waals surface area contributed by atoms with Gasteiger partial charge in [0.2, 0.25) is 5.91 Å². The van der Waals surface area contributed by atoms with Crippen LogP contribution in [0.25, 0.3) is 0 Å². The molecule has 1 aliphatic heterocycles. The quantitative estimate of drug-likeness (QED) is 0.735. The molecule has 3 atom stereocenters. The van der Waals surface area contributed by atoms with Crippen molar-refractivity contribution >= 4 is 11.9 Å². The van der Waals surface area contributed by atoms with Gasteiger partial charge >= 0.3 is 5.97 Å². The second-order valence-corrected chi connectivity index (χ2v) is 5.62. The Kier molecular flexibility index (Phi) is 6.28. The Morgan fingerprint density at radius 3 is 2.68 bits per heavy atom. The molecule has 5 heteroatoms. The SMILES string of the molecule is CCCC(C)NC(=O)C(C)N1CCC(CC(=O)O)C1. The zero-order valence-electron chi connectivity index (χ0n) is 12.2. The molecule has 0 aliphatic carbocycles. The molecule has 0 aromatic carbocycles. The Bertz CT molecular complexity index is 320. The second kappa shape index (κ2) is 7.48. The van der Waals surface area contributed by atoms with Crippen molar-refractivity contribution in [3.63, 3.8) is 0 Å². The third-order valence-electron chi connectivity index (χ3n) is 3.82. The molecule has 110 valence electrons. The summed E-state index contributed by atoms with van der Waals surface area (Å²) in [6.07, 6.45) is 3.12. The van der Waals surface area contributed by atoms with Crippen LogP contribution in [0.3, 0.4) is 0 Å². The molecule has 1 rings (SSSR count). The number of hydrogen-bond donors (Lipinski definition) is 2. The Balaban J connectivity index is 2.39. The number of likely N-dealkylation sites (tertiary alicyclic amines) is 1. The molecule has 0 aromatic heterocycles. The van der Waals surface area contributed by atoms with Crippen LogP contribution >= 0.6 is 0 Å². The van der Waals surface area contributed by atoms with Gasteiger partial charge in [0.25, 0.3) is 0 Å². The summed E-state index contributed by atoms with van der Waals surface area (Å²) in [5.41, 5.74) is 0. The van der Waals surface area contributed by atoms with Gasteiger partial charge in [-0.25, -0.2) is 0 Å². The first kappa shape index (κ1) is 16.0. The van der Waals surface area contributed by atoms with Crippen molar-refractivity contribution < 1.29 is 14.7 Å². The number of carboxylic acids is 1. The van der Waals surface area contributed by atoms with Crippen molar-refractivity contribution in [1.29, 1.82) is 0 Å². The van der Waals surface area contributed by atoms with E-state index < -0.39 is 5.97 Å². The Morgan fingerprint density at radius 1 is 1.42 bits per heavy atom. The highest BCUT2D eigenvalue weighted by atomic mass is 16.4. The van der Waals surface area contributed by atoms with Gasteiger partial charge in [-0.3, -0.25) is 14.5 Å². The summed E-state index contributed by atoms with van der Waals surface area (Å²) in [6.45, 7) is 7.54. The van der Waals surface area contributed by atoms with Crippen LogP contribution < -0.4 is 5.32 Å². The molecule has 0 aromatic rings. The van der Waals surface area contributed by atoms with Gasteiger partial charge < -0.3 is 10.4 Å². The molecule has 0 radical (unpaired) electrons. The van der Waals surface area contributed by atoms with Crippen LogP contribution in [0.1, 0.15) is 46.5 Å². The van der Waals surface area contributed by atoms with Crippen molar-refractivity contribution in [2.45, 2.75) is 58.5 Å². The summed E-state index contributed by atoms with van der Waals surface area (Å²) in [4.78, 5) is 24.8. The summed E-state index contributed by atoms with van der Waals surface area (Å²) < 4.78 is 0. The molecule has 2 N–H and O–H groups in total. The number of amides is 1. The van der Waals surface area contributed by atoms with E-state index in [0.29, 0.717) is 6.54 Å². The van der Waals surface area contributed by atoms with E-state index >= 15 is 0 Å². The zero-order chi connectivity index (χ0) is 14.4. The molecule has 3 unspecified atom stereocenters. The fraction of sp³-hybridized carbons (Fsp3) is 0.857. The summed E-state index contributed by atoms with van der Waals surface area (Å²) in [6, 6.07) is 0.0375. The number of rotatable bonds is 7. The lowest BCUT2D eigenvalue weighted by atomic mass is 10.1. The van der Waals surface area contributed by atoms with Crippen LogP contribution in [0, 0.1) is 5.92 Å². The van der Waals surface area contributed by atoms with Crippen molar-refractivity contribution in [2.24, 2.45) is 5.92 Å². The van der Waals surface area contributed by atoms with Gasteiger partial charge in [-0.05, 0) is 39.2 Å². The average molecular weight is 270 g/mol. The molecule has 1 amide bonds. The van der Waals surface area contributed by atoms with Gasteiger partial charge in [0, 0.05) is 19.0 Å². The third kappa shape index (κ3) is 5.19. The van der Waals surface area contributed by atoms with E-state index in [4.69, 9.17) is 5.11 Å². The number of aliphatic carboxylic acids is 1. The van der Waals surface area contributed by atoms with Crippen LogP contribution in [0.4, 0.5) is 0 Å². The fourth-order valence-electron chi connectivity index (χ4n) is 2.66. The fourth-order valence-corrected chi connectivity index (χ4v) is 2.66. The van der Waals surface area contributed by atoms with Gasteiger partial charge in [-0.1, -0.05) is 13.3 Å². The molecule has 1 aliphatic rings. The van der Waals surface area contributed by atoms with Crippen LogP contribution in [0.15, 0.2) is 0 Å². The first-order valence-corrected chi connectivity index (χ1v) is 7.20. The normalized spacial score (nSPS) is 23.0. The maximum Gasteiger partial charge on any atom is 0.303 e. The number of carboxylic acid groups (broad SMARTS) is 1. The van der Waals surface area contributed by atoms with Gasteiger partial charge in [0.1, 0.15) is 0 Å². The van der Waals surface area contributed by atoms with E-state index in [-0.39, 0.29) is 30.3 Å². The maximum absolute atomic E-state index is 12.1. The number of carbonyl (C=O) groups is 2. The van der Waals surface area contributed by atoms with Crippen molar-refractivity contribution in [1.82, 2.24) is 10.2 Å². The summed E-state index contributed by atoms with van der Waals surface area (Å²) >= 11 is 0. The number of hydrogen-bond acceptors (Lipinski definition) is 3. The van der Waals surface area contributed by atoms with Crippen molar-refractivity contribution in [2.75, 3.05) is 13.1 Å². The topological polar surface area (TPSA) is 69.6 Å². The highest BCUT2D eigenvalue weighted by molar-refractivity contribution is 5.81. The van der Waals surface area contributed by atoms with E-state index in [2.05, 4.69) is 17.1 Å². The second-order valence-electron chi connectivity index (χ2n) is 5.62. The van der Waals surface area contributed by atoms with Crippen molar-refractivity contribution in [3.05, 3.63) is 0 Å². The Hall–Kier alpha value is -1.10. The van der Waals surface area contributed by atoms with E-state index in [1.54, 1.807) is 0 Å². The van der Waals surface area contributed by atoms with Gasteiger partial charge in [0.15, 0.2) is 0 Å². The van der Waals surface area contributed by atoms with E-state index in [0.717, 1.165) is 25.8 Å². The van der Waals surface area contributed by atoms with Crippen LogP contribution in [-0.2, 0) is 9.59 Å². The van der Waals surface area contributed by atoms with Crippen LogP contribution in [0.5, 0.6) is 0 Å². The minimum atomic E-state index is -0.750. The van der Waals surface area contributed by atoms with Gasteiger partial charge in [-0.15, -0.1) is 0 Å². The standard InChI is InChI=1S/C14H26N2O3/c1-4-5-10(2)15-14(19)11(3)16-7-6-12(9-16)8-13(17)18/h10-12H,4-9H2,1-3H3,(H,15,19)(H,17,18). The minimum absolute atomic E-state index is 0.0527. The third-order valence-corrected chi connectivity index (χ3v) is 3.82. The smallest absolute Gasteiger partial charge is 0.303 e. The molecule has 19 heavy (non-hydrogen) atoms. The molecular formula is C14H26N2O3. The van der Waals surface area contributed by atoms with Gasteiger partial charge in [-0.2, -0.15) is 0 Å². The summed E-state index contributed by atoms with van der Waals surface area (Å²) in [5, 5.41) is 11.8. The minimum Gasteiger partial charge on any atom is -0.481 e. The van der Waals surface area contributed by atoms with Crippen LogP contribution in [0.2, 0.25) is 0 Å². The van der Waals surface area contributed by atoms with E-state index in [9.17, 15) is 9.59 Å². The molecule has 0 bridgehead atoms. The molecular weight excluding hydrogens is 244 g/mol. The zero-order valence-corrected chi connectivity index (χ0v) is 12.2. The Morgan fingerprint density at radius 2 is 2.11 bits per heavy atom. The average Bonchev–Trinajstić information content (AvgIpc) is 2.75. The first-order chi connectivity index (χ1) is 8.93. The lowest BCUT2D eigenvalue weighted by Crippen LogP contribution is -2.46. The number of carbonyl (C=O) groups excluding carboxylic acids is 1. The highest BCUT2D eigenvalue weighted by Gasteiger charge is 2.30. The summed E-state index contributed by atoms with van der Waals surface area (Å²) in [7, 11) is 0.